The molecule has 0 aromatic carbocycles. The molecular weight excluding hydrogens is 310 g/mol. The summed E-state index contributed by atoms with van der Waals surface area (Å²) >= 11 is 1.60. The van der Waals surface area contributed by atoms with E-state index in [2.05, 4.69) is 27.1 Å². The van der Waals surface area contributed by atoms with Crippen LogP contribution in [0.4, 0.5) is 0 Å². The fraction of sp³-hybridized carbons (Fsp3) is 0.375. The van der Waals surface area contributed by atoms with E-state index in [4.69, 9.17) is 0 Å². The SMILES string of the molecule is C=CCCC(=O)NCCc1nnc(SCc2ccccn2)n1C. The minimum atomic E-state index is 0.0387. The van der Waals surface area contributed by atoms with Crippen LogP contribution < -0.4 is 5.32 Å². The lowest BCUT2D eigenvalue weighted by atomic mass is 10.3. The van der Waals surface area contributed by atoms with E-state index >= 15 is 0 Å². The van der Waals surface area contributed by atoms with Gasteiger partial charge in [0.25, 0.3) is 0 Å². The highest BCUT2D eigenvalue weighted by molar-refractivity contribution is 7.98. The topological polar surface area (TPSA) is 72.7 Å². The van der Waals surface area contributed by atoms with Crippen LogP contribution in [0.5, 0.6) is 0 Å². The average molecular weight is 331 g/mol. The zero-order valence-electron chi connectivity index (χ0n) is 13.2. The van der Waals surface area contributed by atoms with Crippen molar-refractivity contribution in [2.45, 2.75) is 30.2 Å². The number of nitrogens with zero attached hydrogens (tertiary/aromatic N) is 4. The van der Waals surface area contributed by atoms with Gasteiger partial charge in [-0.25, -0.2) is 0 Å². The molecule has 6 nitrogen and oxygen atoms in total. The van der Waals surface area contributed by atoms with Gasteiger partial charge in [0.1, 0.15) is 5.82 Å². The van der Waals surface area contributed by atoms with E-state index in [-0.39, 0.29) is 5.91 Å². The average Bonchev–Trinajstić information content (AvgIpc) is 2.92. The van der Waals surface area contributed by atoms with Crippen LogP contribution in [0.2, 0.25) is 0 Å². The second kappa shape index (κ2) is 9.09. The van der Waals surface area contributed by atoms with Crippen LogP contribution in [0.25, 0.3) is 0 Å². The predicted molar refractivity (Wildman–Crippen MR) is 90.9 cm³/mol. The van der Waals surface area contributed by atoms with E-state index in [0.29, 0.717) is 25.8 Å². The molecule has 122 valence electrons. The second-order valence-electron chi connectivity index (χ2n) is 4.99. The third kappa shape index (κ3) is 5.52. The minimum Gasteiger partial charge on any atom is -0.356 e. The Balaban J connectivity index is 1.79. The minimum absolute atomic E-state index is 0.0387. The molecule has 23 heavy (non-hydrogen) atoms. The van der Waals surface area contributed by atoms with Crippen molar-refractivity contribution in [1.82, 2.24) is 25.1 Å². The lowest BCUT2D eigenvalue weighted by molar-refractivity contribution is -0.120. The molecular formula is C16H21N5OS. The molecule has 0 radical (unpaired) electrons. The second-order valence-corrected chi connectivity index (χ2v) is 5.94. The van der Waals surface area contributed by atoms with Gasteiger partial charge in [-0.2, -0.15) is 0 Å². The van der Waals surface area contributed by atoms with Gasteiger partial charge in [-0.15, -0.1) is 16.8 Å². The summed E-state index contributed by atoms with van der Waals surface area (Å²) in [5.41, 5.74) is 1.01. The van der Waals surface area contributed by atoms with Crippen LogP contribution in [-0.2, 0) is 24.0 Å². The van der Waals surface area contributed by atoms with Crippen molar-refractivity contribution in [2.75, 3.05) is 6.54 Å². The first-order valence-electron chi connectivity index (χ1n) is 7.49. The van der Waals surface area contributed by atoms with E-state index in [1.54, 1.807) is 24.0 Å². The molecule has 2 heterocycles. The molecule has 0 atom stereocenters. The number of hydrogen-bond donors (Lipinski definition) is 1. The van der Waals surface area contributed by atoms with Gasteiger partial charge in [-0.05, 0) is 18.6 Å². The van der Waals surface area contributed by atoms with Gasteiger partial charge < -0.3 is 9.88 Å². The van der Waals surface area contributed by atoms with E-state index in [1.165, 1.54) is 0 Å². The Morgan fingerprint density at radius 2 is 2.30 bits per heavy atom. The number of pyridine rings is 1. The quantitative estimate of drug-likeness (QED) is 0.563. The standard InChI is InChI=1S/C16H21N5OS/c1-3-4-8-15(22)18-11-9-14-19-20-16(21(14)2)23-12-13-7-5-6-10-17-13/h3,5-7,10H,1,4,8-9,11-12H2,2H3,(H,18,22). The Morgan fingerprint density at radius 3 is 3.04 bits per heavy atom. The summed E-state index contributed by atoms with van der Waals surface area (Å²) in [5, 5.41) is 12.1. The van der Waals surface area contributed by atoms with Crippen molar-refractivity contribution in [3.05, 3.63) is 48.6 Å². The zero-order valence-corrected chi connectivity index (χ0v) is 14.1. The molecule has 0 spiro atoms. The highest BCUT2D eigenvalue weighted by Crippen LogP contribution is 2.19. The first-order valence-corrected chi connectivity index (χ1v) is 8.48. The lowest BCUT2D eigenvalue weighted by Crippen LogP contribution is -2.25. The third-order valence-electron chi connectivity index (χ3n) is 3.25. The van der Waals surface area contributed by atoms with E-state index in [0.717, 1.165) is 22.4 Å². The summed E-state index contributed by atoms with van der Waals surface area (Å²) in [6, 6.07) is 5.86. The summed E-state index contributed by atoms with van der Waals surface area (Å²) in [6.45, 7) is 4.17. The largest absolute Gasteiger partial charge is 0.356 e. The van der Waals surface area contributed by atoms with Gasteiger partial charge in [0, 0.05) is 38.4 Å². The van der Waals surface area contributed by atoms with Crippen LogP contribution in [0.3, 0.4) is 0 Å². The maximum Gasteiger partial charge on any atom is 0.220 e. The van der Waals surface area contributed by atoms with Gasteiger partial charge in [-0.1, -0.05) is 23.9 Å². The Bertz CT molecular complexity index is 641. The molecule has 0 aliphatic carbocycles. The molecule has 2 aromatic rings. The van der Waals surface area contributed by atoms with E-state index in [9.17, 15) is 4.79 Å². The number of allylic oxidation sites excluding steroid dienone is 1. The molecule has 2 aromatic heterocycles. The zero-order chi connectivity index (χ0) is 16.5. The highest BCUT2D eigenvalue weighted by atomic mass is 32.2. The van der Waals surface area contributed by atoms with Crippen molar-refractivity contribution in [2.24, 2.45) is 7.05 Å². The Kier molecular flexibility index (Phi) is 6.80. The van der Waals surface area contributed by atoms with Crippen LogP contribution >= 0.6 is 11.8 Å². The van der Waals surface area contributed by atoms with Crippen molar-refractivity contribution in [3.8, 4) is 0 Å². The van der Waals surface area contributed by atoms with Gasteiger partial charge in [0.2, 0.25) is 5.91 Å². The fourth-order valence-corrected chi connectivity index (χ4v) is 2.79. The number of carbonyl (C=O) groups excluding carboxylic acids is 1. The molecule has 2 rings (SSSR count). The summed E-state index contributed by atoms with van der Waals surface area (Å²) in [4.78, 5) is 15.8. The number of carbonyl (C=O) groups is 1. The predicted octanol–water partition coefficient (Wildman–Crippen LogP) is 2.13. The van der Waals surface area contributed by atoms with Gasteiger partial charge >= 0.3 is 0 Å². The lowest BCUT2D eigenvalue weighted by Gasteiger charge is -2.05. The molecule has 0 saturated carbocycles. The number of rotatable bonds is 9. The normalized spacial score (nSPS) is 10.5. The molecule has 0 aliphatic rings. The Morgan fingerprint density at radius 1 is 1.43 bits per heavy atom. The van der Waals surface area contributed by atoms with Gasteiger partial charge in [0.15, 0.2) is 5.16 Å². The highest BCUT2D eigenvalue weighted by Gasteiger charge is 2.10. The monoisotopic (exact) mass is 331 g/mol. The molecule has 0 aliphatic heterocycles. The van der Waals surface area contributed by atoms with Crippen LogP contribution in [-0.4, -0.2) is 32.2 Å². The van der Waals surface area contributed by atoms with E-state index < -0.39 is 0 Å². The summed E-state index contributed by atoms with van der Waals surface area (Å²) < 4.78 is 1.96. The van der Waals surface area contributed by atoms with Crippen LogP contribution in [0.1, 0.15) is 24.4 Å². The van der Waals surface area contributed by atoms with Crippen molar-refractivity contribution >= 4 is 17.7 Å². The molecule has 0 bridgehead atoms. The molecule has 7 heteroatoms. The van der Waals surface area contributed by atoms with Crippen molar-refractivity contribution in [1.29, 1.82) is 0 Å². The summed E-state index contributed by atoms with van der Waals surface area (Å²) in [6.07, 6.45) is 5.37. The first-order chi connectivity index (χ1) is 11.2. The summed E-state index contributed by atoms with van der Waals surface area (Å²) in [5.74, 6) is 1.65. The third-order valence-corrected chi connectivity index (χ3v) is 4.30. The molecule has 0 unspecified atom stereocenters. The number of aromatic nitrogens is 4. The number of hydrogen-bond acceptors (Lipinski definition) is 5. The molecule has 1 N–H and O–H groups in total. The fourth-order valence-electron chi connectivity index (χ4n) is 1.95. The Hall–Kier alpha value is -2.15. The van der Waals surface area contributed by atoms with Crippen LogP contribution in [0, 0.1) is 0 Å². The number of amides is 1. The molecule has 0 saturated heterocycles. The van der Waals surface area contributed by atoms with Crippen molar-refractivity contribution < 1.29 is 4.79 Å². The van der Waals surface area contributed by atoms with Crippen LogP contribution in [0.15, 0.2) is 42.2 Å². The smallest absolute Gasteiger partial charge is 0.220 e. The van der Waals surface area contributed by atoms with Crippen molar-refractivity contribution in [3.63, 3.8) is 0 Å². The Labute approximate surface area is 140 Å². The first kappa shape index (κ1) is 17.2. The van der Waals surface area contributed by atoms with Gasteiger partial charge in [-0.3, -0.25) is 9.78 Å². The van der Waals surface area contributed by atoms with E-state index in [1.807, 2.05) is 29.8 Å². The maximum atomic E-state index is 11.5. The number of nitrogens with one attached hydrogen (secondary N) is 1. The summed E-state index contributed by atoms with van der Waals surface area (Å²) in [7, 11) is 1.94. The van der Waals surface area contributed by atoms with Gasteiger partial charge in [0.05, 0.1) is 5.69 Å². The maximum absolute atomic E-state index is 11.5. The molecule has 1 amide bonds. The molecule has 0 fully saturated rings. The number of thioether (sulfide) groups is 1.